The molecule has 2 N–H and O–H groups in total. The second kappa shape index (κ2) is 8.10. The van der Waals surface area contributed by atoms with Gasteiger partial charge in [-0.05, 0) is 19.4 Å². The molecule has 0 aromatic carbocycles. The molecule has 0 bridgehead atoms. The number of carbonyl (C=O) groups is 2. The van der Waals surface area contributed by atoms with Gasteiger partial charge in [0.05, 0.1) is 6.61 Å². The van der Waals surface area contributed by atoms with E-state index in [1.54, 1.807) is 17.8 Å². The predicted molar refractivity (Wildman–Crippen MR) is 64.9 cm³/mol. The van der Waals surface area contributed by atoms with Crippen LogP contribution in [0, 0.1) is 0 Å². The molecule has 0 unspecified atom stereocenters. The zero-order valence-corrected chi connectivity index (χ0v) is 10.4. The highest BCUT2D eigenvalue weighted by Crippen LogP contribution is 1.87. The third kappa shape index (κ3) is 5.88. The van der Waals surface area contributed by atoms with Gasteiger partial charge >= 0.3 is 12.0 Å². The zero-order valence-electron chi connectivity index (χ0n) is 10.4. The number of rotatable bonds is 7. The smallest absolute Gasteiger partial charge is 0.325 e. The normalized spacial score (nSPS) is 9.83. The molecule has 0 fully saturated rings. The van der Waals surface area contributed by atoms with Crippen molar-refractivity contribution >= 4 is 12.0 Å². The molecule has 0 aliphatic rings. The summed E-state index contributed by atoms with van der Waals surface area (Å²) in [4.78, 5) is 22.2. The molecule has 0 radical (unpaired) electrons. The number of nitrogens with zero attached hydrogens (tertiary/aromatic N) is 2. The van der Waals surface area contributed by atoms with Crippen LogP contribution in [0.2, 0.25) is 0 Å². The van der Waals surface area contributed by atoms with Crippen molar-refractivity contribution in [2.75, 3.05) is 19.7 Å². The Morgan fingerprint density at radius 2 is 2.22 bits per heavy atom. The van der Waals surface area contributed by atoms with Crippen LogP contribution in [0.15, 0.2) is 18.5 Å². The lowest BCUT2D eigenvalue weighted by Gasteiger charge is -2.07. The van der Waals surface area contributed by atoms with Crippen molar-refractivity contribution < 1.29 is 14.3 Å². The number of hydrogen-bond acceptors (Lipinski definition) is 4. The largest absolute Gasteiger partial charge is 0.465 e. The molecule has 1 heterocycles. The van der Waals surface area contributed by atoms with Gasteiger partial charge in [-0.2, -0.15) is 5.10 Å². The van der Waals surface area contributed by atoms with E-state index >= 15 is 0 Å². The standard InChI is InChI=1S/C11H18N4O3/c1-2-18-10(16)9-13-11(17)12-5-3-7-15-8-4-6-14-15/h4,6,8H,2-3,5,7,9H2,1H3,(H2,12,13,17). The minimum atomic E-state index is -0.441. The van der Waals surface area contributed by atoms with E-state index in [1.807, 2.05) is 12.3 Å². The fraction of sp³-hybridized carbons (Fsp3) is 0.545. The first kappa shape index (κ1) is 14.0. The van der Waals surface area contributed by atoms with Crippen molar-refractivity contribution in [3.63, 3.8) is 0 Å². The Hall–Kier alpha value is -2.05. The Morgan fingerprint density at radius 3 is 2.89 bits per heavy atom. The summed E-state index contributed by atoms with van der Waals surface area (Å²) in [6.45, 7) is 3.18. The van der Waals surface area contributed by atoms with Gasteiger partial charge in [0.1, 0.15) is 6.54 Å². The second-order valence-corrected chi connectivity index (χ2v) is 3.54. The fourth-order valence-corrected chi connectivity index (χ4v) is 1.30. The molecule has 1 aromatic heterocycles. The van der Waals surface area contributed by atoms with Gasteiger partial charge in [-0.3, -0.25) is 9.48 Å². The Labute approximate surface area is 105 Å². The third-order valence-corrected chi connectivity index (χ3v) is 2.11. The highest BCUT2D eigenvalue weighted by Gasteiger charge is 2.04. The maximum absolute atomic E-state index is 11.3. The summed E-state index contributed by atoms with van der Waals surface area (Å²) >= 11 is 0. The summed E-state index contributed by atoms with van der Waals surface area (Å²) in [5, 5.41) is 9.10. The summed E-state index contributed by atoms with van der Waals surface area (Å²) in [7, 11) is 0. The number of urea groups is 1. The van der Waals surface area contributed by atoms with Gasteiger partial charge in [-0.1, -0.05) is 0 Å². The summed E-state index contributed by atoms with van der Waals surface area (Å²) in [5.74, 6) is -0.441. The lowest BCUT2D eigenvalue weighted by atomic mass is 10.4. The van der Waals surface area contributed by atoms with Crippen LogP contribution < -0.4 is 10.6 Å². The van der Waals surface area contributed by atoms with Crippen LogP contribution in [0.25, 0.3) is 0 Å². The van der Waals surface area contributed by atoms with E-state index in [-0.39, 0.29) is 12.6 Å². The number of aryl methyl sites for hydroxylation is 1. The molecule has 18 heavy (non-hydrogen) atoms. The Morgan fingerprint density at radius 1 is 1.39 bits per heavy atom. The number of esters is 1. The SMILES string of the molecule is CCOC(=O)CNC(=O)NCCCn1cccn1. The maximum Gasteiger partial charge on any atom is 0.325 e. The molecule has 0 aliphatic heterocycles. The van der Waals surface area contributed by atoms with Gasteiger partial charge in [0.15, 0.2) is 0 Å². The molecule has 100 valence electrons. The lowest BCUT2D eigenvalue weighted by molar-refractivity contribution is -0.141. The molecule has 0 aliphatic carbocycles. The Bertz CT molecular complexity index is 364. The van der Waals surface area contributed by atoms with Gasteiger partial charge in [-0.25, -0.2) is 4.79 Å². The number of aromatic nitrogens is 2. The molecule has 7 nitrogen and oxygen atoms in total. The molecule has 0 saturated carbocycles. The molecule has 0 spiro atoms. The van der Waals surface area contributed by atoms with Crippen LogP contribution in [-0.2, 0) is 16.1 Å². The Balaban J connectivity index is 2.01. The molecule has 0 saturated heterocycles. The summed E-state index contributed by atoms with van der Waals surface area (Å²) in [6.07, 6.45) is 4.34. The molecule has 7 heteroatoms. The van der Waals surface area contributed by atoms with Gasteiger partial charge in [-0.15, -0.1) is 0 Å². The van der Waals surface area contributed by atoms with Crippen molar-refractivity contribution in [2.24, 2.45) is 0 Å². The van der Waals surface area contributed by atoms with Crippen molar-refractivity contribution in [3.05, 3.63) is 18.5 Å². The van der Waals surface area contributed by atoms with E-state index in [0.29, 0.717) is 13.2 Å². The topological polar surface area (TPSA) is 85.2 Å². The first-order chi connectivity index (χ1) is 8.72. The van der Waals surface area contributed by atoms with E-state index in [9.17, 15) is 9.59 Å². The number of nitrogens with one attached hydrogen (secondary N) is 2. The van der Waals surface area contributed by atoms with Crippen molar-refractivity contribution in [1.82, 2.24) is 20.4 Å². The lowest BCUT2D eigenvalue weighted by Crippen LogP contribution is -2.39. The van der Waals surface area contributed by atoms with E-state index < -0.39 is 5.97 Å². The van der Waals surface area contributed by atoms with E-state index in [4.69, 9.17) is 0 Å². The first-order valence-corrected chi connectivity index (χ1v) is 5.87. The van der Waals surface area contributed by atoms with Crippen molar-refractivity contribution in [2.45, 2.75) is 19.9 Å². The quantitative estimate of drug-likeness (QED) is 0.535. The highest BCUT2D eigenvalue weighted by atomic mass is 16.5. The highest BCUT2D eigenvalue weighted by molar-refractivity contribution is 5.80. The van der Waals surface area contributed by atoms with Crippen LogP contribution in [0.5, 0.6) is 0 Å². The number of hydrogen-bond donors (Lipinski definition) is 2. The minimum absolute atomic E-state index is 0.112. The summed E-state index contributed by atoms with van der Waals surface area (Å²) in [5.41, 5.74) is 0. The monoisotopic (exact) mass is 254 g/mol. The van der Waals surface area contributed by atoms with Crippen LogP contribution in [0.4, 0.5) is 4.79 Å². The van der Waals surface area contributed by atoms with Crippen LogP contribution in [0.3, 0.4) is 0 Å². The molecule has 1 aromatic rings. The van der Waals surface area contributed by atoms with Gasteiger partial charge in [0.2, 0.25) is 0 Å². The summed E-state index contributed by atoms with van der Waals surface area (Å²) < 4.78 is 6.46. The third-order valence-electron chi connectivity index (χ3n) is 2.11. The first-order valence-electron chi connectivity index (χ1n) is 5.87. The van der Waals surface area contributed by atoms with E-state index in [2.05, 4.69) is 20.5 Å². The number of amides is 2. The molecule has 1 rings (SSSR count). The van der Waals surface area contributed by atoms with Crippen LogP contribution in [-0.4, -0.2) is 41.5 Å². The average Bonchev–Trinajstić information content (AvgIpc) is 2.85. The van der Waals surface area contributed by atoms with Gasteiger partial charge in [0.25, 0.3) is 0 Å². The van der Waals surface area contributed by atoms with Gasteiger partial charge < -0.3 is 15.4 Å². The van der Waals surface area contributed by atoms with Crippen molar-refractivity contribution in [3.8, 4) is 0 Å². The molecular weight excluding hydrogens is 236 g/mol. The Kier molecular flexibility index (Phi) is 6.31. The molecule has 2 amide bonds. The van der Waals surface area contributed by atoms with E-state index in [0.717, 1.165) is 13.0 Å². The van der Waals surface area contributed by atoms with E-state index in [1.165, 1.54) is 0 Å². The number of carbonyl (C=O) groups excluding carboxylic acids is 2. The summed E-state index contributed by atoms with van der Waals surface area (Å²) in [6, 6.07) is 1.47. The zero-order chi connectivity index (χ0) is 13.2. The minimum Gasteiger partial charge on any atom is -0.465 e. The van der Waals surface area contributed by atoms with Gasteiger partial charge in [0, 0.05) is 25.5 Å². The second-order valence-electron chi connectivity index (χ2n) is 3.54. The average molecular weight is 254 g/mol. The fourth-order valence-electron chi connectivity index (χ4n) is 1.30. The van der Waals surface area contributed by atoms with Crippen LogP contribution in [0.1, 0.15) is 13.3 Å². The van der Waals surface area contributed by atoms with Crippen LogP contribution >= 0.6 is 0 Å². The molecule has 0 atom stereocenters. The molecular formula is C11H18N4O3. The predicted octanol–water partition coefficient (Wildman–Crippen LogP) is 0.135. The number of ether oxygens (including phenoxy) is 1. The van der Waals surface area contributed by atoms with Crippen molar-refractivity contribution in [1.29, 1.82) is 0 Å². The maximum atomic E-state index is 11.3.